The molecular formula is C52H85NO5. The number of hydrogen-bond donors (Lipinski definition) is 3. The predicted octanol–water partition coefficient (Wildman–Crippen LogP) is 13.6. The molecule has 6 nitrogen and oxygen atoms in total. The molecule has 3 N–H and O–H groups in total. The lowest BCUT2D eigenvalue weighted by atomic mass is 10.0. The molecule has 0 aliphatic rings. The number of unbranched alkanes of at least 4 members (excludes halogenated alkanes) is 16. The van der Waals surface area contributed by atoms with Gasteiger partial charge in [-0.15, -0.1) is 0 Å². The van der Waals surface area contributed by atoms with Crippen LogP contribution >= 0.6 is 0 Å². The average Bonchev–Trinajstić information content (AvgIpc) is 3.22. The van der Waals surface area contributed by atoms with E-state index < -0.39 is 18.2 Å². The van der Waals surface area contributed by atoms with Crippen LogP contribution in [0.2, 0.25) is 0 Å². The number of carbonyl (C=O) groups is 2. The van der Waals surface area contributed by atoms with Crippen LogP contribution in [0, 0.1) is 0 Å². The summed E-state index contributed by atoms with van der Waals surface area (Å²) in [6.45, 7) is 6.19. The molecule has 0 saturated carbocycles. The van der Waals surface area contributed by atoms with Gasteiger partial charge in [-0.25, -0.2) is 0 Å². The zero-order valence-electron chi connectivity index (χ0n) is 37.1. The third-order valence-electron chi connectivity index (χ3n) is 9.79. The summed E-state index contributed by atoms with van der Waals surface area (Å²) in [7, 11) is 0. The molecule has 0 aromatic rings. The van der Waals surface area contributed by atoms with Gasteiger partial charge in [-0.3, -0.25) is 9.59 Å². The highest BCUT2D eigenvalue weighted by Gasteiger charge is 2.24. The molecule has 58 heavy (non-hydrogen) atoms. The van der Waals surface area contributed by atoms with Gasteiger partial charge < -0.3 is 20.3 Å². The zero-order valence-corrected chi connectivity index (χ0v) is 37.1. The van der Waals surface area contributed by atoms with E-state index >= 15 is 0 Å². The van der Waals surface area contributed by atoms with Crippen LogP contribution in [0.3, 0.4) is 0 Å². The quantitative estimate of drug-likeness (QED) is 0.0327. The molecule has 0 fully saturated rings. The topological polar surface area (TPSA) is 95.9 Å². The number of carbonyl (C=O) groups excluding carboxylic acids is 2. The largest absolute Gasteiger partial charge is 0.462 e. The lowest BCUT2D eigenvalue weighted by Gasteiger charge is -2.24. The summed E-state index contributed by atoms with van der Waals surface area (Å²) in [4.78, 5) is 26.0. The van der Waals surface area contributed by atoms with Crippen LogP contribution in [-0.4, -0.2) is 46.9 Å². The molecule has 0 aliphatic carbocycles. The van der Waals surface area contributed by atoms with Gasteiger partial charge in [0.05, 0.1) is 25.2 Å². The molecule has 3 atom stereocenters. The fourth-order valence-corrected chi connectivity index (χ4v) is 6.29. The van der Waals surface area contributed by atoms with E-state index in [-0.39, 0.29) is 24.9 Å². The van der Waals surface area contributed by atoms with Gasteiger partial charge in [0.15, 0.2) is 0 Å². The first-order valence-electron chi connectivity index (χ1n) is 23.2. The molecule has 0 spiro atoms. The van der Waals surface area contributed by atoms with Crippen molar-refractivity contribution in [1.29, 1.82) is 0 Å². The Kier molecular flexibility index (Phi) is 41.9. The number of aliphatic hydroxyl groups excluding tert-OH is 2. The number of aliphatic hydroxyl groups is 2. The van der Waals surface area contributed by atoms with Crippen LogP contribution in [0.15, 0.2) is 109 Å². The highest BCUT2D eigenvalue weighted by Crippen LogP contribution is 2.16. The summed E-state index contributed by atoms with van der Waals surface area (Å²) in [5.74, 6) is -0.577. The summed E-state index contributed by atoms with van der Waals surface area (Å²) in [6.07, 6.45) is 60.0. The molecule has 328 valence electrons. The number of esters is 1. The van der Waals surface area contributed by atoms with Crippen molar-refractivity contribution in [1.82, 2.24) is 5.32 Å². The number of nitrogens with one attached hydrogen (secondary N) is 1. The lowest BCUT2D eigenvalue weighted by Crippen LogP contribution is -2.46. The average molecular weight is 804 g/mol. The van der Waals surface area contributed by atoms with Crippen molar-refractivity contribution in [3.63, 3.8) is 0 Å². The fourth-order valence-electron chi connectivity index (χ4n) is 6.29. The van der Waals surface area contributed by atoms with Crippen molar-refractivity contribution in [2.45, 2.75) is 200 Å². The first kappa shape index (κ1) is 54.5. The van der Waals surface area contributed by atoms with E-state index in [1.54, 1.807) is 0 Å². The first-order chi connectivity index (χ1) is 28.5. The fraction of sp³-hybridized carbons (Fsp3) is 0.615. The predicted molar refractivity (Wildman–Crippen MR) is 250 cm³/mol. The van der Waals surface area contributed by atoms with Crippen molar-refractivity contribution in [3.8, 4) is 0 Å². The van der Waals surface area contributed by atoms with Crippen molar-refractivity contribution in [2.24, 2.45) is 0 Å². The van der Waals surface area contributed by atoms with Crippen LogP contribution < -0.4 is 5.32 Å². The number of hydrogen-bond acceptors (Lipinski definition) is 5. The van der Waals surface area contributed by atoms with Crippen LogP contribution in [0.4, 0.5) is 0 Å². The van der Waals surface area contributed by atoms with Crippen molar-refractivity contribution < 1.29 is 24.5 Å². The number of allylic oxidation sites excluding steroid dienone is 18. The van der Waals surface area contributed by atoms with E-state index in [0.717, 1.165) is 89.9 Å². The monoisotopic (exact) mass is 804 g/mol. The summed E-state index contributed by atoms with van der Waals surface area (Å²) in [5, 5.41) is 23.6. The van der Waals surface area contributed by atoms with Gasteiger partial charge in [-0.2, -0.15) is 0 Å². The zero-order chi connectivity index (χ0) is 42.4. The van der Waals surface area contributed by atoms with Crippen LogP contribution in [0.25, 0.3) is 0 Å². The lowest BCUT2D eigenvalue weighted by molar-refractivity contribution is -0.151. The number of ether oxygens (including phenoxy) is 1. The minimum atomic E-state index is -0.812. The highest BCUT2D eigenvalue weighted by molar-refractivity contribution is 5.77. The van der Waals surface area contributed by atoms with Gasteiger partial charge in [0, 0.05) is 6.42 Å². The minimum Gasteiger partial charge on any atom is -0.462 e. The molecule has 0 aromatic heterocycles. The highest BCUT2D eigenvalue weighted by atomic mass is 16.5. The maximum atomic E-state index is 13.1. The molecule has 0 aromatic carbocycles. The second-order valence-electron chi connectivity index (χ2n) is 15.3. The third-order valence-corrected chi connectivity index (χ3v) is 9.79. The van der Waals surface area contributed by atoms with Gasteiger partial charge in [0.25, 0.3) is 0 Å². The van der Waals surface area contributed by atoms with E-state index in [2.05, 4.69) is 68.6 Å². The maximum Gasteiger partial charge on any atom is 0.306 e. The minimum absolute atomic E-state index is 0.0258. The number of rotatable bonds is 39. The molecule has 0 saturated heterocycles. The molecular weight excluding hydrogens is 719 g/mol. The Hall–Kier alpha value is -3.48. The first-order valence-corrected chi connectivity index (χ1v) is 23.2. The maximum absolute atomic E-state index is 13.1. The van der Waals surface area contributed by atoms with Crippen LogP contribution in [-0.2, 0) is 14.3 Å². The second kappa shape index (κ2) is 44.6. The van der Waals surface area contributed by atoms with E-state index in [0.29, 0.717) is 19.3 Å². The third kappa shape index (κ3) is 39.4. The molecule has 0 radical (unpaired) electrons. The Morgan fingerprint density at radius 1 is 0.517 bits per heavy atom. The SMILES string of the molecule is CC/C=C/C=C/C=C\C=C/CCCCCC(=O)OC(CCCCC/C=C/C=C/C=C/C=C/C=C/CCC)CC(=O)NC(CO)C(O)CCCCCCCCCCCC. The van der Waals surface area contributed by atoms with E-state index in [9.17, 15) is 19.8 Å². The normalized spacial score (nSPS) is 14.4. The molecule has 3 unspecified atom stereocenters. The Balaban J connectivity index is 4.82. The Bertz CT molecular complexity index is 1220. The molecule has 0 bridgehead atoms. The summed E-state index contributed by atoms with van der Waals surface area (Å²) < 4.78 is 5.87. The van der Waals surface area contributed by atoms with E-state index in [4.69, 9.17) is 4.74 Å². The Morgan fingerprint density at radius 3 is 1.48 bits per heavy atom. The molecule has 0 heterocycles. The summed E-state index contributed by atoms with van der Waals surface area (Å²) in [5.41, 5.74) is 0. The molecule has 0 rings (SSSR count). The van der Waals surface area contributed by atoms with E-state index in [1.807, 2.05) is 66.8 Å². The van der Waals surface area contributed by atoms with Crippen molar-refractivity contribution in [2.75, 3.05) is 6.61 Å². The van der Waals surface area contributed by atoms with Gasteiger partial charge in [-0.05, 0) is 64.2 Å². The Morgan fingerprint density at radius 2 is 0.966 bits per heavy atom. The molecule has 0 aliphatic heterocycles. The van der Waals surface area contributed by atoms with Gasteiger partial charge in [0.2, 0.25) is 5.91 Å². The molecule has 6 heteroatoms. The van der Waals surface area contributed by atoms with Gasteiger partial charge >= 0.3 is 5.97 Å². The Labute approximate surface area is 356 Å². The standard InChI is InChI=1S/C52H85NO5/c1-4-7-10-13-16-19-22-24-25-26-28-29-31-34-37-40-43-48(58-52(57)45-42-39-36-33-30-27-23-20-17-14-11-8-5-2)46-51(56)53-49(47-54)50(55)44-41-38-35-32-21-18-15-12-9-6-3/h8,10-11,13-14,16-17,19-20,22-30,48-50,54-55H,4-7,9,12,15,18,21,31-47H2,1-3H3,(H,53,56)/b11-8+,13-10+,17-14+,19-16+,23-20-,24-22+,26-25+,29-28+,30-27-. The number of amides is 1. The summed E-state index contributed by atoms with van der Waals surface area (Å²) in [6, 6.07) is -0.730. The smallest absolute Gasteiger partial charge is 0.306 e. The van der Waals surface area contributed by atoms with Crippen molar-refractivity contribution >= 4 is 11.9 Å². The van der Waals surface area contributed by atoms with Crippen molar-refractivity contribution in [3.05, 3.63) is 109 Å². The van der Waals surface area contributed by atoms with Gasteiger partial charge in [0.1, 0.15) is 6.10 Å². The summed E-state index contributed by atoms with van der Waals surface area (Å²) >= 11 is 0. The molecule has 1 amide bonds. The second-order valence-corrected chi connectivity index (χ2v) is 15.3. The van der Waals surface area contributed by atoms with Crippen LogP contribution in [0.5, 0.6) is 0 Å². The van der Waals surface area contributed by atoms with Gasteiger partial charge in [-0.1, -0.05) is 214 Å². The van der Waals surface area contributed by atoms with Crippen LogP contribution in [0.1, 0.15) is 181 Å². The van der Waals surface area contributed by atoms with E-state index in [1.165, 1.54) is 44.9 Å².